The van der Waals surface area contributed by atoms with Crippen molar-refractivity contribution in [3.8, 4) is 0 Å². The van der Waals surface area contributed by atoms with Crippen LogP contribution in [-0.2, 0) is 18.5 Å². The summed E-state index contributed by atoms with van der Waals surface area (Å²) in [5.74, 6) is 0.416. The lowest BCUT2D eigenvalue weighted by atomic mass is 9.91. The van der Waals surface area contributed by atoms with E-state index in [1.165, 1.54) is 12.8 Å². The lowest BCUT2D eigenvalue weighted by molar-refractivity contribution is 0.434. The van der Waals surface area contributed by atoms with E-state index < -0.39 is 0 Å². The predicted octanol–water partition coefficient (Wildman–Crippen LogP) is 2.45. The Morgan fingerprint density at radius 3 is 2.55 bits per heavy atom. The van der Waals surface area contributed by atoms with Gasteiger partial charge in [0.1, 0.15) is 0 Å². The average molecular weight is 277 g/mol. The van der Waals surface area contributed by atoms with Gasteiger partial charge >= 0.3 is 0 Å². The summed E-state index contributed by atoms with van der Waals surface area (Å²) in [5, 5.41) is 8.00. The van der Waals surface area contributed by atoms with E-state index in [2.05, 4.69) is 45.0 Å². The Balaban J connectivity index is 2.34. The molecule has 1 heterocycles. The smallest absolute Gasteiger partial charge is 0.271 e. The Bertz CT molecular complexity index is 522. The van der Waals surface area contributed by atoms with Crippen LogP contribution in [0.1, 0.15) is 58.7 Å². The third-order valence-electron chi connectivity index (χ3n) is 3.51. The van der Waals surface area contributed by atoms with E-state index in [1.54, 1.807) is 4.68 Å². The van der Waals surface area contributed by atoms with Crippen molar-refractivity contribution in [1.82, 2.24) is 15.1 Å². The Labute approximate surface area is 121 Å². The van der Waals surface area contributed by atoms with Crippen LogP contribution in [0, 0.1) is 5.92 Å². The van der Waals surface area contributed by atoms with Gasteiger partial charge in [-0.1, -0.05) is 34.6 Å². The molecule has 1 saturated carbocycles. The molecule has 0 bridgehead atoms. The van der Waals surface area contributed by atoms with Crippen LogP contribution in [0.3, 0.4) is 0 Å². The summed E-state index contributed by atoms with van der Waals surface area (Å²) < 4.78 is 1.65. The summed E-state index contributed by atoms with van der Waals surface area (Å²) in [7, 11) is 0. The molecule has 1 aromatic rings. The lowest BCUT2D eigenvalue weighted by Gasteiger charge is -2.21. The van der Waals surface area contributed by atoms with Crippen molar-refractivity contribution in [3.05, 3.63) is 27.7 Å². The highest BCUT2D eigenvalue weighted by Gasteiger charge is 2.23. The molecular formula is C16H27N3O. The number of nitrogens with one attached hydrogen (secondary N) is 1. The SMILES string of the molecule is CC(C)Cn1nc(C(C)(C)C)cc(CNC2CC2)c1=O. The van der Waals surface area contributed by atoms with Crippen LogP contribution < -0.4 is 10.9 Å². The van der Waals surface area contributed by atoms with Gasteiger partial charge in [-0.25, -0.2) is 4.68 Å². The van der Waals surface area contributed by atoms with Gasteiger partial charge in [-0.15, -0.1) is 0 Å². The van der Waals surface area contributed by atoms with Gasteiger partial charge in [0.25, 0.3) is 5.56 Å². The van der Waals surface area contributed by atoms with E-state index in [1.807, 2.05) is 6.07 Å². The summed E-state index contributed by atoms with van der Waals surface area (Å²) in [6.07, 6.45) is 2.47. The zero-order valence-corrected chi connectivity index (χ0v) is 13.4. The summed E-state index contributed by atoms with van der Waals surface area (Å²) in [6.45, 7) is 12.0. The third kappa shape index (κ3) is 3.92. The van der Waals surface area contributed by atoms with E-state index in [0.717, 1.165) is 11.3 Å². The van der Waals surface area contributed by atoms with Gasteiger partial charge in [-0.3, -0.25) is 4.79 Å². The van der Waals surface area contributed by atoms with Crippen LogP contribution in [0.2, 0.25) is 0 Å². The number of rotatable bonds is 5. The van der Waals surface area contributed by atoms with Crippen LogP contribution in [0.5, 0.6) is 0 Å². The Morgan fingerprint density at radius 2 is 2.05 bits per heavy atom. The summed E-state index contributed by atoms with van der Waals surface area (Å²) in [6, 6.07) is 2.59. The molecule has 0 spiro atoms. The van der Waals surface area contributed by atoms with Crippen molar-refractivity contribution < 1.29 is 0 Å². The molecule has 1 aromatic heterocycles. The van der Waals surface area contributed by atoms with Crippen molar-refractivity contribution in [2.45, 2.75) is 72.0 Å². The molecule has 1 aliphatic rings. The fourth-order valence-corrected chi connectivity index (χ4v) is 2.10. The lowest BCUT2D eigenvalue weighted by Crippen LogP contribution is -2.33. The maximum atomic E-state index is 12.5. The Hall–Kier alpha value is -1.16. The monoisotopic (exact) mass is 277 g/mol. The van der Waals surface area contributed by atoms with E-state index in [-0.39, 0.29) is 11.0 Å². The molecule has 0 aromatic carbocycles. The third-order valence-corrected chi connectivity index (χ3v) is 3.51. The standard InChI is InChI=1S/C16H27N3O/c1-11(2)10-19-15(20)12(9-17-13-6-7-13)8-14(18-19)16(3,4)5/h8,11,13,17H,6-7,9-10H2,1-5H3. The van der Waals surface area contributed by atoms with E-state index in [9.17, 15) is 4.79 Å². The Kier molecular flexibility index (Phi) is 4.33. The molecule has 0 radical (unpaired) electrons. The van der Waals surface area contributed by atoms with Gasteiger partial charge in [0.15, 0.2) is 0 Å². The molecule has 4 nitrogen and oxygen atoms in total. The molecular weight excluding hydrogens is 250 g/mol. The van der Waals surface area contributed by atoms with Crippen molar-refractivity contribution in [3.63, 3.8) is 0 Å². The van der Waals surface area contributed by atoms with Crippen molar-refractivity contribution in [1.29, 1.82) is 0 Å². The highest BCUT2D eigenvalue weighted by molar-refractivity contribution is 5.19. The minimum Gasteiger partial charge on any atom is -0.310 e. The average Bonchev–Trinajstić information content (AvgIpc) is 3.12. The first kappa shape index (κ1) is 15.2. The zero-order valence-electron chi connectivity index (χ0n) is 13.4. The molecule has 2 rings (SSSR count). The topological polar surface area (TPSA) is 46.9 Å². The highest BCUT2D eigenvalue weighted by Crippen LogP contribution is 2.21. The highest BCUT2D eigenvalue weighted by atomic mass is 16.1. The number of nitrogens with zero attached hydrogens (tertiary/aromatic N) is 2. The molecule has 0 unspecified atom stereocenters. The number of hydrogen-bond acceptors (Lipinski definition) is 3. The maximum absolute atomic E-state index is 12.5. The second-order valence-corrected chi connectivity index (χ2v) is 7.34. The molecule has 0 saturated heterocycles. The predicted molar refractivity (Wildman–Crippen MR) is 81.9 cm³/mol. The fraction of sp³-hybridized carbons (Fsp3) is 0.750. The first-order chi connectivity index (χ1) is 9.27. The molecule has 1 N–H and O–H groups in total. The van der Waals surface area contributed by atoms with Crippen LogP contribution in [0.25, 0.3) is 0 Å². The second-order valence-electron chi connectivity index (χ2n) is 7.34. The molecule has 4 heteroatoms. The van der Waals surface area contributed by atoms with Gasteiger partial charge in [0.2, 0.25) is 0 Å². The number of hydrogen-bond donors (Lipinski definition) is 1. The maximum Gasteiger partial charge on any atom is 0.271 e. The second kappa shape index (κ2) is 5.68. The van der Waals surface area contributed by atoms with E-state index >= 15 is 0 Å². The molecule has 0 amide bonds. The summed E-state index contributed by atoms with van der Waals surface area (Å²) in [4.78, 5) is 12.5. The van der Waals surface area contributed by atoms with Crippen LogP contribution >= 0.6 is 0 Å². The van der Waals surface area contributed by atoms with Crippen molar-refractivity contribution in [2.75, 3.05) is 0 Å². The van der Waals surface area contributed by atoms with Gasteiger partial charge in [0.05, 0.1) is 5.69 Å². The summed E-state index contributed by atoms with van der Waals surface area (Å²) in [5.41, 5.74) is 1.85. The largest absolute Gasteiger partial charge is 0.310 e. The quantitative estimate of drug-likeness (QED) is 0.899. The zero-order chi connectivity index (χ0) is 14.9. The number of aromatic nitrogens is 2. The molecule has 112 valence electrons. The van der Waals surface area contributed by atoms with Crippen LogP contribution in [0.4, 0.5) is 0 Å². The fourth-order valence-electron chi connectivity index (χ4n) is 2.10. The molecule has 20 heavy (non-hydrogen) atoms. The molecule has 0 aliphatic heterocycles. The van der Waals surface area contributed by atoms with Crippen molar-refractivity contribution in [2.24, 2.45) is 5.92 Å². The first-order valence-corrected chi connectivity index (χ1v) is 7.62. The minimum absolute atomic E-state index is 0.0409. The van der Waals surface area contributed by atoms with E-state index in [4.69, 9.17) is 0 Å². The normalized spacial score (nSPS) is 15.9. The van der Waals surface area contributed by atoms with Gasteiger partial charge in [-0.05, 0) is 24.8 Å². The Morgan fingerprint density at radius 1 is 1.40 bits per heavy atom. The molecule has 1 aliphatic carbocycles. The van der Waals surface area contributed by atoms with Gasteiger partial charge < -0.3 is 5.32 Å². The first-order valence-electron chi connectivity index (χ1n) is 7.62. The van der Waals surface area contributed by atoms with Gasteiger partial charge in [0, 0.05) is 30.1 Å². The van der Waals surface area contributed by atoms with Crippen LogP contribution in [-0.4, -0.2) is 15.8 Å². The molecule has 0 atom stereocenters. The van der Waals surface area contributed by atoms with Gasteiger partial charge in [-0.2, -0.15) is 5.10 Å². The van der Waals surface area contributed by atoms with Crippen LogP contribution in [0.15, 0.2) is 10.9 Å². The van der Waals surface area contributed by atoms with E-state index in [0.29, 0.717) is 25.0 Å². The van der Waals surface area contributed by atoms with Crippen molar-refractivity contribution >= 4 is 0 Å². The minimum atomic E-state index is -0.0409. The summed E-state index contributed by atoms with van der Waals surface area (Å²) >= 11 is 0. The molecule has 1 fully saturated rings.